The van der Waals surface area contributed by atoms with Gasteiger partial charge in [-0.25, -0.2) is 9.59 Å². The van der Waals surface area contributed by atoms with Gasteiger partial charge in [0.05, 0.1) is 24.4 Å². The molecule has 4 aliphatic carbocycles. The molecule has 4 aromatic rings. The minimum Gasteiger partial charge on any atom is -0.478 e. The number of benzene rings is 4. The van der Waals surface area contributed by atoms with Crippen molar-refractivity contribution < 1.29 is 29.3 Å². The molecule has 3 atom stereocenters. The van der Waals surface area contributed by atoms with E-state index in [-0.39, 0.29) is 35.9 Å². The van der Waals surface area contributed by atoms with Crippen LogP contribution in [-0.4, -0.2) is 39.6 Å². The lowest BCUT2D eigenvalue weighted by Crippen LogP contribution is -2.61. The van der Waals surface area contributed by atoms with Gasteiger partial charge in [-0.1, -0.05) is 66.7 Å². The van der Waals surface area contributed by atoms with E-state index in [2.05, 4.69) is 53.1 Å². The van der Waals surface area contributed by atoms with Crippen molar-refractivity contribution in [1.82, 2.24) is 10.6 Å². The minimum atomic E-state index is -0.940. The molecule has 4 saturated carbocycles. The van der Waals surface area contributed by atoms with Crippen molar-refractivity contribution in [3.63, 3.8) is 0 Å². The van der Waals surface area contributed by atoms with Crippen LogP contribution >= 0.6 is 11.8 Å². The molecule has 4 aromatic carbocycles. The fourth-order valence-electron chi connectivity index (χ4n) is 9.33. The minimum absolute atomic E-state index is 0.00657. The van der Waals surface area contributed by atoms with E-state index in [0.717, 1.165) is 75.3 Å². The van der Waals surface area contributed by atoms with Crippen molar-refractivity contribution in [2.45, 2.75) is 87.0 Å². The monoisotopic (exact) mass is 718 g/mol. The first-order valence-corrected chi connectivity index (χ1v) is 19.5. The second kappa shape index (κ2) is 15.1. The summed E-state index contributed by atoms with van der Waals surface area (Å²) in [6.45, 7) is 0.456. The maximum Gasteiger partial charge on any atom is 0.335 e. The molecule has 2 amide bonds. The Bertz CT molecular complexity index is 1840. The van der Waals surface area contributed by atoms with Crippen molar-refractivity contribution >= 4 is 23.8 Å². The number of aliphatic hydroxyl groups is 1. The highest BCUT2D eigenvalue weighted by atomic mass is 32.2. The molecule has 52 heavy (non-hydrogen) atoms. The van der Waals surface area contributed by atoms with E-state index in [4.69, 9.17) is 9.47 Å². The third-order valence-corrected chi connectivity index (χ3v) is 12.6. The van der Waals surface area contributed by atoms with Crippen LogP contribution in [0, 0.1) is 17.8 Å². The van der Waals surface area contributed by atoms with Gasteiger partial charge in [0.25, 0.3) is 0 Å². The van der Waals surface area contributed by atoms with E-state index in [1.807, 2.05) is 42.5 Å². The first-order valence-electron chi connectivity index (χ1n) is 18.5. The van der Waals surface area contributed by atoms with Crippen molar-refractivity contribution in [3.8, 4) is 11.1 Å². The molecule has 9 rings (SSSR count). The Morgan fingerprint density at radius 3 is 2.08 bits per heavy atom. The summed E-state index contributed by atoms with van der Waals surface area (Å²) in [4.78, 5) is 25.3. The molecular formula is C43H46N2O6S. The highest BCUT2D eigenvalue weighted by Crippen LogP contribution is 2.55. The topological polar surface area (TPSA) is 117 Å². The molecular weight excluding hydrogens is 673 g/mol. The third kappa shape index (κ3) is 7.93. The number of carbonyl (C=O) groups is 2. The second-order valence-electron chi connectivity index (χ2n) is 15.3. The average Bonchev–Trinajstić information content (AvgIpc) is 3.16. The van der Waals surface area contributed by atoms with E-state index in [1.165, 1.54) is 19.3 Å². The predicted molar refractivity (Wildman–Crippen MR) is 201 cm³/mol. The normalized spacial score (nSPS) is 27.6. The van der Waals surface area contributed by atoms with Gasteiger partial charge in [0, 0.05) is 34.7 Å². The van der Waals surface area contributed by atoms with E-state index < -0.39 is 12.3 Å². The second-order valence-corrected chi connectivity index (χ2v) is 16.4. The van der Waals surface area contributed by atoms with Gasteiger partial charge in [0.15, 0.2) is 6.29 Å². The van der Waals surface area contributed by atoms with Gasteiger partial charge < -0.3 is 30.3 Å². The summed E-state index contributed by atoms with van der Waals surface area (Å²) in [5, 5.41) is 25.4. The van der Waals surface area contributed by atoms with E-state index >= 15 is 0 Å². The van der Waals surface area contributed by atoms with Gasteiger partial charge in [-0.2, -0.15) is 0 Å². The highest BCUT2D eigenvalue weighted by Gasteiger charge is 2.51. The van der Waals surface area contributed by atoms with E-state index in [0.29, 0.717) is 18.7 Å². The summed E-state index contributed by atoms with van der Waals surface area (Å²) in [5.74, 6) is 2.10. The number of aliphatic hydroxyl groups excluding tert-OH is 1. The molecule has 5 fully saturated rings. The van der Waals surface area contributed by atoms with E-state index in [9.17, 15) is 19.8 Å². The van der Waals surface area contributed by atoms with Crippen LogP contribution in [0.5, 0.6) is 0 Å². The molecule has 4 bridgehead atoms. The fraction of sp³-hybridized carbons (Fsp3) is 0.395. The van der Waals surface area contributed by atoms with Gasteiger partial charge in [-0.05, 0) is 114 Å². The number of thioether (sulfide) groups is 1. The highest BCUT2D eigenvalue weighted by molar-refractivity contribution is 7.99. The Hall–Kier alpha value is -4.15. The molecule has 270 valence electrons. The van der Waals surface area contributed by atoms with Gasteiger partial charge in [-0.15, -0.1) is 11.8 Å². The van der Waals surface area contributed by atoms with Gasteiger partial charge in [-0.3, -0.25) is 0 Å². The first-order chi connectivity index (χ1) is 25.3. The van der Waals surface area contributed by atoms with Gasteiger partial charge in [0.2, 0.25) is 0 Å². The Labute approximate surface area is 309 Å². The smallest absolute Gasteiger partial charge is 0.335 e. The number of hydrogen-bond acceptors (Lipinski definition) is 6. The Balaban J connectivity index is 0.919. The van der Waals surface area contributed by atoms with E-state index in [1.54, 1.807) is 23.9 Å². The van der Waals surface area contributed by atoms with Gasteiger partial charge >= 0.3 is 12.0 Å². The summed E-state index contributed by atoms with van der Waals surface area (Å²) in [6, 6.07) is 31.3. The number of urea groups is 1. The molecule has 0 radical (unpaired) electrons. The SMILES string of the molecule is O=C(NCc1cccc(-c2ccc([C@@H]3O[C@H](CSc4ccc(C(=O)O)cc4)C[C@H](c4ccc(CO)cc4)O3)cc2)c1)NC12CC3CC(CC(C3)C1)C2. The molecule has 5 aliphatic rings. The van der Waals surface area contributed by atoms with Crippen LogP contribution in [0.25, 0.3) is 11.1 Å². The van der Waals surface area contributed by atoms with Crippen LogP contribution in [0.3, 0.4) is 0 Å². The predicted octanol–water partition coefficient (Wildman–Crippen LogP) is 8.65. The summed E-state index contributed by atoms with van der Waals surface area (Å²) in [5.41, 5.74) is 6.23. The molecule has 0 aromatic heterocycles. The number of ether oxygens (including phenoxy) is 2. The zero-order valence-corrected chi connectivity index (χ0v) is 30.0. The summed E-state index contributed by atoms with van der Waals surface area (Å²) >= 11 is 1.63. The molecule has 4 N–H and O–H groups in total. The Kier molecular flexibility index (Phi) is 10.1. The zero-order chi connectivity index (χ0) is 35.7. The molecule has 1 heterocycles. The number of carbonyl (C=O) groups excluding carboxylic acids is 1. The van der Waals surface area contributed by atoms with Crippen LogP contribution in [0.4, 0.5) is 4.79 Å². The Morgan fingerprint density at radius 1 is 0.750 bits per heavy atom. The number of carboxylic acid groups (broad SMARTS) is 1. The van der Waals surface area contributed by atoms with Crippen LogP contribution in [0.15, 0.2) is 102 Å². The lowest BCUT2D eigenvalue weighted by atomic mass is 9.53. The number of amides is 2. The quantitative estimate of drug-likeness (QED) is 0.115. The summed E-state index contributed by atoms with van der Waals surface area (Å²) < 4.78 is 13.1. The number of aromatic carboxylic acids is 1. The van der Waals surface area contributed by atoms with Crippen molar-refractivity contribution in [3.05, 3.63) is 125 Å². The summed E-state index contributed by atoms with van der Waals surface area (Å²) in [7, 11) is 0. The summed E-state index contributed by atoms with van der Waals surface area (Å²) in [6.07, 6.45) is 7.24. The number of hydrogen-bond donors (Lipinski definition) is 4. The fourth-order valence-corrected chi connectivity index (χ4v) is 10.3. The lowest BCUT2D eigenvalue weighted by molar-refractivity contribution is -0.245. The lowest BCUT2D eigenvalue weighted by Gasteiger charge is -2.56. The largest absolute Gasteiger partial charge is 0.478 e. The van der Waals surface area contributed by atoms with Crippen LogP contribution in [0.1, 0.15) is 90.0 Å². The van der Waals surface area contributed by atoms with Crippen LogP contribution in [-0.2, 0) is 22.6 Å². The number of carboxylic acids is 1. The van der Waals surface area contributed by atoms with Crippen molar-refractivity contribution in [2.24, 2.45) is 17.8 Å². The molecule has 1 aliphatic heterocycles. The van der Waals surface area contributed by atoms with Crippen molar-refractivity contribution in [1.29, 1.82) is 0 Å². The molecule has 9 heteroatoms. The maximum absolute atomic E-state index is 13.1. The molecule has 0 spiro atoms. The van der Waals surface area contributed by atoms with Crippen LogP contribution < -0.4 is 10.6 Å². The van der Waals surface area contributed by atoms with Crippen molar-refractivity contribution in [2.75, 3.05) is 5.75 Å². The van der Waals surface area contributed by atoms with Gasteiger partial charge in [0.1, 0.15) is 0 Å². The standard InChI is InChI=1S/C43H46N2O6S/c46-25-27-4-6-33(7-5-27)39-20-37(26-52-38-14-12-34(13-15-38)40(47)48)50-41(51-39)35-10-8-32(9-11-35)36-3-1-2-28(19-36)24-44-42(49)45-43-21-29-16-30(22-43)18-31(17-29)23-43/h1-15,19,29-31,37,39,41,46H,16-18,20-26H2,(H,47,48)(H2,44,45,49)/t29?,30?,31?,37-,39+,41+,43?/m0/s1. The zero-order valence-electron chi connectivity index (χ0n) is 29.2. The molecule has 8 nitrogen and oxygen atoms in total. The average molecular weight is 719 g/mol. The molecule has 1 saturated heterocycles. The Morgan fingerprint density at radius 2 is 1.42 bits per heavy atom. The van der Waals surface area contributed by atoms with Crippen LogP contribution in [0.2, 0.25) is 0 Å². The first kappa shape index (κ1) is 34.9. The maximum atomic E-state index is 13.1. The number of rotatable bonds is 11. The number of nitrogens with one attached hydrogen (secondary N) is 2. The molecule has 0 unspecified atom stereocenters. The third-order valence-electron chi connectivity index (χ3n) is 11.5.